The third-order valence-electron chi connectivity index (χ3n) is 1.59. The molecule has 66 valence electrons. The van der Waals surface area contributed by atoms with Gasteiger partial charge in [-0.1, -0.05) is 18.2 Å². The molecule has 0 aromatic heterocycles. The predicted octanol–water partition coefficient (Wildman–Crippen LogP) is 1.83. The van der Waals surface area contributed by atoms with E-state index in [1.165, 1.54) is 0 Å². The van der Waals surface area contributed by atoms with Crippen LogP contribution in [0.4, 0.5) is 5.69 Å². The number of hydrogen-bond donors (Lipinski definition) is 2. The Morgan fingerprint density at radius 2 is 2.08 bits per heavy atom. The van der Waals surface area contributed by atoms with Crippen molar-refractivity contribution >= 4 is 17.3 Å². The topological polar surface area (TPSA) is 32.3 Å². The van der Waals surface area contributed by atoms with Gasteiger partial charge in [0.1, 0.15) is 0 Å². The zero-order chi connectivity index (χ0) is 8.81. The number of aliphatic hydroxyl groups is 1. The van der Waals surface area contributed by atoms with E-state index in [-0.39, 0.29) is 6.61 Å². The Morgan fingerprint density at radius 3 is 2.75 bits per heavy atom. The first-order chi connectivity index (χ1) is 5.88. The maximum Gasteiger partial charge on any atom is 0.0604 e. The van der Waals surface area contributed by atoms with Gasteiger partial charge in [0.05, 0.1) is 6.61 Å². The number of nitrogens with one attached hydrogen (secondary N) is 1. The summed E-state index contributed by atoms with van der Waals surface area (Å²) in [6, 6.07) is 7.80. The third kappa shape index (κ3) is 2.40. The van der Waals surface area contributed by atoms with Crippen LogP contribution in [0.15, 0.2) is 24.3 Å². The Hall–Kier alpha value is -0.730. The van der Waals surface area contributed by atoms with Crippen molar-refractivity contribution in [1.82, 2.24) is 0 Å². The minimum atomic E-state index is 0.136. The predicted molar refractivity (Wildman–Crippen MR) is 51.6 cm³/mol. The van der Waals surface area contributed by atoms with Gasteiger partial charge in [-0.15, -0.1) is 11.6 Å². The number of anilines is 1. The summed E-state index contributed by atoms with van der Waals surface area (Å²) in [5, 5.41) is 11.7. The molecule has 0 spiro atoms. The zero-order valence-corrected chi connectivity index (χ0v) is 7.51. The third-order valence-corrected chi connectivity index (χ3v) is 1.88. The molecule has 0 saturated carbocycles. The molecule has 1 rings (SSSR count). The van der Waals surface area contributed by atoms with E-state index in [0.29, 0.717) is 12.4 Å². The van der Waals surface area contributed by atoms with Crippen molar-refractivity contribution < 1.29 is 5.11 Å². The number of benzene rings is 1. The summed E-state index contributed by atoms with van der Waals surface area (Å²) in [4.78, 5) is 0. The fourth-order valence-corrected chi connectivity index (χ4v) is 1.23. The first-order valence-electron chi connectivity index (χ1n) is 3.87. The van der Waals surface area contributed by atoms with Crippen molar-refractivity contribution in [3.63, 3.8) is 0 Å². The molecule has 2 N–H and O–H groups in total. The van der Waals surface area contributed by atoms with Crippen molar-refractivity contribution in [2.75, 3.05) is 18.5 Å². The maximum atomic E-state index is 8.60. The average molecular weight is 186 g/mol. The quantitative estimate of drug-likeness (QED) is 0.702. The summed E-state index contributed by atoms with van der Waals surface area (Å²) >= 11 is 5.71. The van der Waals surface area contributed by atoms with E-state index in [0.717, 1.165) is 11.3 Å². The van der Waals surface area contributed by atoms with Crippen molar-refractivity contribution in [3.05, 3.63) is 29.8 Å². The molecular formula is C9H12ClNO. The normalized spacial score (nSPS) is 9.83. The lowest BCUT2D eigenvalue weighted by atomic mass is 10.2. The molecule has 12 heavy (non-hydrogen) atoms. The highest BCUT2D eigenvalue weighted by atomic mass is 35.5. The van der Waals surface area contributed by atoms with E-state index in [9.17, 15) is 0 Å². The van der Waals surface area contributed by atoms with Gasteiger partial charge in [-0.2, -0.15) is 0 Å². The second-order valence-corrected chi connectivity index (χ2v) is 2.71. The van der Waals surface area contributed by atoms with Gasteiger partial charge in [0, 0.05) is 18.1 Å². The van der Waals surface area contributed by atoms with E-state index in [1.807, 2.05) is 24.3 Å². The lowest BCUT2D eigenvalue weighted by Crippen LogP contribution is -2.06. The molecule has 0 radical (unpaired) electrons. The Kier molecular flexibility index (Phi) is 3.91. The molecule has 0 amide bonds. The van der Waals surface area contributed by atoms with E-state index < -0.39 is 0 Å². The smallest absolute Gasteiger partial charge is 0.0604 e. The molecule has 0 unspecified atom stereocenters. The summed E-state index contributed by atoms with van der Waals surface area (Å²) in [6.07, 6.45) is 0. The van der Waals surface area contributed by atoms with Crippen LogP contribution < -0.4 is 5.32 Å². The van der Waals surface area contributed by atoms with Gasteiger partial charge in [-0.05, 0) is 11.6 Å². The van der Waals surface area contributed by atoms with Crippen LogP contribution in [0.2, 0.25) is 0 Å². The van der Waals surface area contributed by atoms with Gasteiger partial charge in [-0.3, -0.25) is 0 Å². The van der Waals surface area contributed by atoms with Crippen molar-refractivity contribution in [1.29, 1.82) is 0 Å². The van der Waals surface area contributed by atoms with E-state index in [1.54, 1.807) is 0 Å². The highest BCUT2D eigenvalue weighted by molar-refractivity contribution is 6.17. The Bertz CT molecular complexity index is 240. The van der Waals surface area contributed by atoms with E-state index >= 15 is 0 Å². The van der Waals surface area contributed by atoms with Crippen LogP contribution >= 0.6 is 11.6 Å². The van der Waals surface area contributed by atoms with Crippen LogP contribution in [-0.2, 0) is 5.88 Å². The van der Waals surface area contributed by atoms with Crippen LogP contribution in [0.1, 0.15) is 5.56 Å². The lowest BCUT2D eigenvalue weighted by molar-refractivity contribution is 0.311. The van der Waals surface area contributed by atoms with Gasteiger partial charge < -0.3 is 10.4 Å². The van der Waals surface area contributed by atoms with Crippen LogP contribution in [-0.4, -0.2) is 18.3 Å². The molecule has 2 nitrogen and oxygen atoms in total. The summed E-state index contributed by atoms with van der Waals surface area (Å²) in [5.74, 6) is 0.495. The van der Waals surface area contributed by atoms with Crippen LogP contribution in [0.5, 0.6) is 0 Å². The highest BCUT2D eigenvalue weighted by Gasteiger charge is 1.97. The van der Waals surface area contributed by atoms with Crippen molar-refractivity contribution in [2.45, 2.75) is 5.88 Å². The second kappa shape index (κ2) is 5.01. The van der Waals surface area contributed by atoms with Gasteiger partial charge in [0.2, 0.25) is 0 Å². The maximum absolute atomic E-state index is 8.60. The summed E-state index contributed by atoms with van der Waals surface area (Å²) < 4.78 is 0. The van der Waals surface area contributed by atoms with Gasteiger partial charge >= 0.3 is 0 Å². The molecule has 0 bridgehead atoms. The minimum absolute atomic E-state index is 0.136. The summed E-state index contributed by atoms with van der Waals surface area (Å²) in [7, 11) is 0. The number of rotatable bonds is 4. The first-order valence-corrected chi connectivity index (χ1v) is 4.40. The molecule has 0 aliphatic carbocycles. The highest BCUT2D eigenvalue weighted by Crippen LogP contribution is 2.16. The van der Waals surface area contributed by atoms with E-state index in [4.69, 9.17) is 16.7 Å². The monoisotopic (exact) mass is 185 g/mol. The van der Waals surface area contributed by atoms with Gasteiger partial charge in [-0.25, -0.2) is 0 Å². The first kappa shape index (κ1) is 9.36. The SMILES string of the molecule is OCCNc1ccccc1CCl. The van der Waals surface area contributed by atoms with Crippen LogP contribution in [0.25, 0.3) is 0 Å². The van der Waals surface area contributed by atoms with Crippen LogP contribution in [0.3, 0.4) is 0 Å². The number of alkyl halides is 1. The standard InChI is InChI=1S/C9H12ClNO/c10-7-8-3-1-2-4-9(8)11-5-6-12/h1-4,11-12H,5-7H2. The van der Waals surface area contributed by atoms with Crippen molar-refractivity contribution in [3.8, 4) is 0 Å². The number of halogens is 1. The number of aliphatic hydroxyl groups excluding tert-OH is 1. The number of para-hydroxylation sites is 1. The fraction of sp³-hybridized carbons (Fsp3) is 0.333. The molecule has 0 heterocycles. The lowest BCUT2D eigenvalue weighted by Gasteiger charge is -2.07. The van der Waals surface area contributed by atoms with E-state index in [2.05, 4.69) is 5.32 Å². The van der Waals surface area contributed by atoms with Crippen LogP contribution in [0, 0.1) is 0 Å². The molecule has 1 aromatic carbocycles. The fourth-order valence-electron chi connectivity index (χ4n) is 1.000. The molecule has 0 saturated heterocycles. The second-order valence-electron chi connectivity index (χ2n) is 2.44. The minimum Gasteiger partial charge on any atom is -0.395 e. The zero-order valence-electron chi connectivity index (χ0n) is 6.76. The molecule has 1 aromatic rings. The Balaban J connectivity index is 2.68. The Morgan fingerprint density at radius 1 is 1.33 bits per heavy atom. The van der Waals surface area contributed by atoms with Gasteiger partial charge in [0.15, 0.2) is 0 Å². The number of hydrogen-bond acceptors (Lipinski definition) is 2. The molecule has 0 aliphatic rings. The average Bonchev–Trinajstić information content (AvgIpc) is 2.15. The summed E-state index contributed by atoms with van der Waals surface area (Å²) in [6.45, 7) is 0.699. The largest absolute Gasteiger partial charge is 0.395 e. The van der Waals surface area contributed by atoms with Crippen molar-refractivity contribution in [2.24, 2.45) is 0 Å². The molecule has 0 fully saturated rings. The molecule has 0 atom stereocenters. The molecule has 0 aliphatic heterocycles. The summed E-state index contributed by atoms with van der Waals surface area (Å²) in [5.41, 5.74) is 2.06. The Labute approximate surface area is 77.2 Å². The molecule has 3 heteroatoms. The molecular weight excluding hydrogens is 174 g/mol. The van der Waals surface area contributed by atoms with Gasteiger partial charge in [0.25, 0.3) is 0 Å².